The molecule has 23 heavy (non-hydrogen) atoms. The van der Waals surface area contributed by atoms with E-state index in [0.717, 1.165) is 16.8 Å². The second-order valence-electron chi connectivity index (χ2n) is 5.63. The summed E-state index contributed by atoms with van der Waals surface area (Å²) in [6.07, 6.45) is -0.306. The van der Waals surface area contributed by atoms with E-state index in [9.17, 15) is 9.18 Å². The molecule has 0 saturated carbocycles. The zero-order valence-electron chi connectivity index (χ0n) is 13.0. The number of oxime groups is 1. The van der Waals surface area contributed by atoms with Crippen molar-refractivity contribution in [2.75, 3.05) is 5.32 Å². The molecule has 1 heterocycles. The van der Waals surface area contributed by atoms with E-state index in [-0.39, 0.29) is 11.7 Å². The Labute approximate surface area is 134 Å². The summed E-state index contributed by atoms with van der Waals surface area (Å²) in [6.45, 7) is 4.01. The minimum Gasteiger partial charge on any atom is -0.382 e. The second-order valence-corrected chi connectivity index (χ2v) is 5.63. The van der Waals surface area contributed by atoms with E-state index in [2.05, 4.69) is 10.5 Å². The minimum absolute atomic E-state index is 0.242. The van der Waals surface area contributed by atoms with Crippen LogP contribution in [0, 0.1) is 19.7 Å². The van der Waals surface area contributed by atoms with Crippen LogP contribution in [0.15, 0.2) is 47.6 Å². The summed E-state index contributed by atoms with van der Waals surface area (Å²) in [4.78, 5) is 17.5. The number of carbonyl (C=O) groups is 1. The van der Waals surface area contributed by atoms with Gasteiger partial charge in [-0.15, -0.1) is 0 Å². The van der Waals surface area contributed by atoms with Gasteiger partial charge in [-0.25, -0.2) is 4.39 Å². The summed E-state index contributed by atoms with van der Waals surface area (Å²) in [6, 6.07) is 11.7. The van der Waals surface area contributed by atoms with Crippen LogP contribution in [0.3, 0.4) is 0 Å². The molecule has 1 atom stereocenters. The zero-order valence-corrected chi connectivity index (χ0v) is 13.0. The van der Waals surface area contributed by atoms with Gasteiger partial charge in [-0.1, -0.05) is 23.4 Å². The lowest BCUT2D eigenvalue weighted by Gasteiger charge is -2.11. The van der Waals surface area contributed by atoms with Crippen molar-refractivity contribution in [3.8, 4) is 0 Å². The average molecular weight is 312 g/mol. The van der Waals surface area contributed by atoms with Crippen LogP contribution in [-0.2, 0) is 9.63 Å². The van der Waals surface area contributed by atoms with E-state index >= 15 is 0 Å². The van der Waals surface area contributed by atoms with Gasteiger partial charge in [-0.3, -0.25) is 4.79 Å². The third-order valence-corrected chi connectivity index (χ3v) is 3.91. The molecule has 1 amide bonds. The summed E-state index contributed by atoms with van der Waals surface area (Å²) in [5.74, 6) is -0.550. The number of hydrogen-bond acceptors (Lipinski definition) is 3. The Balaban J connectivity index is 1.64. The van der Waals surface area contributed by atoms with E-state index in [0.29, 0.717) is 12.1 Å². The van der Waals surface area contributed by atoms with Crippen molar-refractivity contribution in [1.29, 1.82) is 0 Å². The molecule has 2 aromatic carbocycles. The number of anilines is 1. The van der Waals surface area contributed by atoms with E-state index in [1.54, 1.807) is 12.1 Å². The van der Waals surface area contributed by atoms with Gasteiger partial charge in [0.1, 0.15) is 5.82 Å². The lowest BCUT2D eigenvalue weighted by atomic mass is 10.0. The molecule has 0 fully saturated rings. The van der Waals surface area contributed by atoms with Crippen LogP contribution in [0.25, 0.3) is 0 Å². The summed E-state index contributed by atoms with van der Waals surface area (Å²) in [5.41, 5.74) is 4.41. The predicted molar refractivity (Wildman–Crippen MR) is 87.0 cm³/mol. The number of benzene rings is 2. The van der Waals surface area contributed by atoms with Crippen molar-refractivity contribution in [2.24, 2.45) is 5.16 Å². The normalized spacial score (nSPS) is 16.7. The maximum Gasteiger partial charge on any atom is 0.268 e. The molecule has 118 valence electrons. The topological polar surface area (TPSA) is 50.7 Å². The maximum atomic E-state index is 12.9. The summed E-state index contributed by atoms with van der Waals surface area (Å²) < 4.78 is 12.9. The Morgan fingerprint density at radius 1 is 1.17 bits per heavy atom. The van der Waals surface area contributed by atoms with Gasteiger partial charge >= 0.3 is 0 Å². The van der Waals surface area contributed by atoms with Crippen LogP contribution in [-0.4, -0.2) is 17.7 Å². The highest BCUT2D eigenvalue weighted by atomic mass is 19.1. The Morgan fingerprint density at radius 2 is 1.91 bits per heavy atom. The maximum absolute atomic E-state index is 12.9. The van der Waals surface area contributed by atoms with Crippen LogP contribution >= 0.6 is 0 Å². The van der Waals surface area contributed by atoms with E-state index < -0.39 is 6.10 Å². The summed E-state index contributed by atoms with van der Waals surface area (Å²) in [7, 11) is 0. The van der Waals surface area contributed by atoms with E-state index in [1.165, 1.54) is 17.7 Å². The third kappa shape index (κ3) is 3.39. The molecule has 0 spiro atoms. The van der Waals surface area contributed by atoms with Gasteiger partial charge in [-0.2, -0.15) is 0 Å². The number of carbonyl (C=O) groups excluding carboxylic acids is 1. The van der Waals surface area contributed by atoms with Crippen molar-refractivity contribution in [2.45, 2.75) is 26.4 Å². The molecule has 1 unspecified atom stereocenters. The Bertz CT molecular complexity index is 769. The highest BCUT2D eigenvalue weighted by Gasteiger charge is 2.29. The van der Waals surface area contributed by atoms with Gasteiger partial charge < -0.3 is 10.2 Å². The fraction of sp³-hybridized carbons (Fsp3) is 0.222. The molecule has 0 aliphatic carbocycles. The molecule has 3 rings (SSSR count). The van der Waals surface area contributed by atoms with Gasteiger partial charge in [0.2, 0.25) is 6.10 Å². The van der Waals surface area contributed by atoms with E-state index in [4.69, 9.17) is 4.84 Å². The molecule has 0 radical (unpaired) electrons. The largest absolute Gasteiger partial charge is 0.382 e. The summed E-state index contributed by atoms with van der Waals surface area (Å²) >= 11 is 0. The van der Waals surface area contributed by atoms with Crippen molar-refractivity contribution in [3.63, 3.8) is 0 Å². The molecule has 2 aromatic rings. The van der Waals surface area contributed by atoms with Crippen molar-refractivity contribution >= 4 is 17.3 Å². The molecule has 1 N–H and O–H groups in total. The van der Waals surface area contributed by atoms with Gasteiger partial charge in [0, 0.05) is 12.1 Å². The minimum atomic E-state index is -0.670. The summed E-state index contributed by atoms with van der Waals surface area (Å²) in [5, 5.41) is 6.78. The van der Waals surface area contributed by atoms with Crippen molar-refractivity contribution in [1.82, 2.24) is 0 Å². The highest BCUT2D eigenvalue weighted by Crippen LogP contribution is 2.20. The van der Waals surface area contributed by atoms with Gasteiger partial charge in [-0.05, 0) is 54.8 Å². The van der Waals surface area contributed by atoms with Crippen LogP contribution in [0.2, 0.25) is 0 Å². The second kappa shape index (κ2) is 6.20. The number of rotatable bonds is 3. The highest BCUT2D eigenvalue weighted by molar-refractivity contribution is 6.06. The van der Waals surface area contributed by atoms with Gasteiger partial charge in [0.25, 0.3) is 5.91 Å². The fourth-order valence-corrected chi connectivity index (χ4v) is 2.37. The Hall–Kier alpha value is -2.69. The molecular formula is C18H17FN2O2. The monoisotopic (exact) mass is 312 g/mol. The SMILES string of the molecule is Cc1ccc(NC(=O)C2CC(c3ccc(F)cc3)=NO2)cc1C. The number of hydrogen-bond donors (Lipinski definition) is 1. The Morgan fingerprint density at radius 3 is 2.61 bits per heavy atom. The fourth-order valence-electron chi connectivity index (χ4n) is 2.37. The zero-order chi connectivity index (χ0) is 16.4. The Kier molecular flexibility index (Phi) is 4.10. The molecule has 1 aliphatic rings. The molecule has 4 nitrogen and oxygen atoms in total. The van der Waals surface area contributed by atoms with Crippen molar-refractivity contribution in [3.05, 3.63) is 65.0 Å². The van der Waals surface area contributed by atoms with Gasteiger partial charge in [0.15, 0.2) is 0 Å². The molecule has 0 aromatic heterocycles. The number of halogens is 1. The lowest BCUT2D eigenvalue weighted by molar-refractivity contribution is -0.125. The predicted octanol–water partition coefficient (Wildman–Crippen LogP) is 3.57. The van der Waals surface area contributed by atoms with Gasteiger partial charge in [0.05, 0.1) is 5.71 Å². The van der Waals surface area contributed by atoms with E-state index in [1.807, 2.05) is 32.0 Å². The van der Waals surface area contributed by atoms with Crippen LogP contribution in [0.1, 0.15) is 23.1 Å². The first-order valence-electron chi connectivity index (χ1n) is 7.39. The van der Waals surface area contributed by atoms with Crippen LogP contribution < -0.4 is 5.32 Å². The standard InChI is InChI=1S/C18H17FN2O2/c1-11-3-8-15(9-12(11)2)20-18(22)17-10-16(21-23-17)13-4-6-14(19)7-5-13/h3-9,17H,10H2,1-2H3,(H,20,22). The molecule has 0 bridgehead atoms. The molecule has 0 saturated heterocycles. The smallest absolute Gasteiger partial charge is 0.268 e. The third-order valence-electron chi connectivity index (χ3n) is 3.91. The number of aryl methyl sites for hydroxylation is 2. The number of amides is 1. The lowest BCUT2D eigenvalue weighted by Crippen LogP contribution is -2.28. The number of nitrogens with zero attached hydrogens (tertiary/aromatic N) is 1. The van der Waals surface area contributed by atoms with Crippen molar-refractivity contribution < 1.29 is 14.0 Å². The first-order chi connectivity index (χ1) is 11.0. The quantitative estimate of drug-likeness (QED) is 0.942. The molecule has 1 aliphatic heterocycles. The first-order valence-corrected chi connectivity index (χ1v) is 7.39. The number of nitrogens with one attached hydrogen (secondary N) is 1. The van der Waals surface area contributed by atoms with Crippen LogP contribution in [0.5, 0.6) is 0 Å². The molecule has 5 heteroatoms. The van der Waals surface area contributed by atoms with Crippen LogP contribution in [0.4, 0.5) is 10.1 Å². The molecular weight excluding hydrogens is 295 g/mol. The first kappa shape index (κ1) is 15.2. The average Bonchev–Trinajstić information content (AvgIpc) is 3.02.